The Balaban J connectivity index is 2.25. The highest BCUT2D eigenvalue weighted by Crippen LogP contribution is 2.33. The van der Waals surface area contributed by atoms with Crippen molar-refractivity contribution in [2.24, 2.45) is 0 Å². The number of thiazole rings is 1. The second kappa shape index (κ2) is 5.21. The topological polar surface area (TPSA) is 24.9 Å². The summed E-state index contributed by atoms with van der Waals surface area (Å²) in [5.41, 5.74) is 3.17. The van der Waals surface area contributed by atoms with E-state index in [9.17, 15) is 4.39 Å². The molecule has 1 atom stereocenters. The van der Waals surface area contributed by atoms with E-state index in [0.29, 0.717) is 5.69 Å². The quantitative estimate of drug-likeness (QED) is 0.881. The zero-order valence-electron chi connectivity index (χ0n) is 8.88. The molecule has 0 aliphatic rings. The SMILES string of the molecule is CC(Nc1c(Cl)cc(F)cc1Cl)c1cscn1. The number of nitrogens with one attached hydrogen (secondary N) is 1. The molecule has 0 aliphatic carbocycles. The Morgan fingerprint density at radius 2 is 2.00 bits per heavy atom. The monoisotopic (exact) mass is 290 g/mol. The van der Waals surface area contributed by atoms with E-state index in [0.717, 1.165) is 5.69 Å². The molecule has 2 aromatic rings. The zero-order chi connectivity index (χ0) is 12.4. The number of rotatable bonds is 3. The smallest absolute Gasteiger partial charge is 0.126 e. The first-order chi connectivity index (χ1) is 8.08. The Labute approximate surface area is 112 Å². The van der Waals surface area contributed by atoms with Crippen molar-refractivity contribution < 1.29 is 4.39 Å². The molecule has 0 amide bonds. The van der Waals surface area contributed by atoms with Gasteiger partial charge in [-0.15, -0.1) is 11.3 Å². The normalized spacial score (nSPS) is 12.5. The van der Waals surface area contributed by atoms with Crippen LogP contribution >= 0.6 is 34.5 Å². The molecule has 1 aromatic heterocycles. The fourth-order valence-corrected chi connectivity index (χ4v) is 2.62. The molecule has 6 heteroatoms. The van der Waals surface area contributed by atoms with Crippen LogP contribution in [0.5, 0.6) is 0 Å². The summed E-state index contributed by atoms with van der Waals surface area (Å²) >= 11 is 13.4. The van der Waals surface area contributed by atoms with Gasteiger partial charge in [-0.3, -0.25) is 0 Å². The highest BCUT2D eigenvalue weighted by Gasteiger charge is 2.13. The first kappa shape index (κ1) is 12.6. The molecule has 0 radical (unpaired) electrons. The van der Waals surface area contributed by atoms with Gasteiger partial charge in [-0.2, -0.15) is 0 Å². The van der Waals surface area contributed by atoms with Gasteiger partial charge < -0.3 is 5.32 Å². The molecule has 0 aliphatic heterocycles. The lowest BCUT2D eigenvalue weighted by molar-refractivity contribution is 0.628. The summed E-state index contributed by atoms with van der Waals surface area (Å²) in [5.74, 6) is -0.452. The van der Waals surface area contributed by atoms with Crippen molar-refractivity contribution in [3.8, 4) is 0 Å². The lowest BCUT2D eigenvalue weighted by Gasteiger charge is -2.15. The third-order valence-corrected chi connectivity index (χ3v) is 3.46. The summed E-state index contributed by atoms with van der Waals surface area (Å²) in [4.78, 5) is 4.18. The summed E-state index contributed by atoms with van der Waals surface area (Å²) in [7, 11) is 0. The molecule has 90 valence electrons. The molecule has 1 heterocycles. The van der Waals surface area contributed by atoms with Crippen LogP contribution in [-0.2, 0) is 0 Å². The van der Waals surface area contributed by atoms with Gasteiger partial charge >= 0.3 is 0 Å². The number of aromatic nitrogens is 1. The fourth-order valence-electron chi connectivity index (χ4n) is 1.41. The highest BCUT2D eigenvalue weighted by atomic mass is 35.5. The minimum absolute atomic E-state index is 0.0401. The number of halogens is 3. The van der Waals surface area contributed by atoms with Crippen molar-refractivity contribution in [2.45, 2.75) is 13.0 Å². The van der Waals surface area contributed by atoms with Crippen LogP contribution in [0.2, 0.25) is 10.0 Å². The van der Waals surface area contributed by atoms with Gasteiger partial charge in [0.1, 0.15) is 5.82 Å². The third kappa shape index (κ3) is 2.89. The van der Waals surface area contributed by atoms with Crippen molar-refractivity contribution in [3.63, 3.8) is 0 Å². The zero-order valence-corrected chi connectivity index (χ0v) is 11.2. The maximum atomic E-state index is 13.0. The predicted octanol–water partition coefficient (Wildman–Crippen LogP) is 4.76. The molecule has 1 N–H and O–H groups in total. The molecular formula is C11H9Cl2FN2S. The number of anilines is 1. The van der Waals surface area contributed by atoms with Crippen LogP contribution in [0.4, 0.5) is 10.1 Å². The Morgan fingerprint density at radius 1 is 1.35 bits per heavy atom. The Bertz CT molecular complexity index is 493. The van der Waals surface area contributed by atoms with Crippen LogP contribution in [-0.4, -0.2) is 4.98 Å². The minimum atomic E-state index is -0.452. The molecular weight excluding hydrogens is 282 g/mol. The highest BCUT2D eigenvalue weighted by molar-refractivity contribution is 7.07. The molecule has 2 nitrogen and oxygen atoms in total. The van der Waals surface area contributed by atoms with Crippen LogP contribution in [0.25, 0.3) is 0 Å². The summed E-state index contributed by atoms with van der Waals surface area (Å²) in [6.07, 6.45) is 0. The second-order valence-corrected chi connectivity index (χ2v) is 5.06. The average Bonchev–Trinajstić information content (AvgIpc) is 2.76. The summed E-state index contributed by atoms with van der Waals surface area (Å²) < 4.78 is 13.0. The predicted molar refractivity (Wildman–Crippen MR) is 70.6 cm³/mol. The van der Waals surface area contributed by atoms with Gasteiger partial charge in [-0.1, -0.05) is 23.2 Å². The van der Waals surface area contributed by atoms with Crippen molar-refractivity contribution >= 4 is 40.2 Å². The van der Waals surface area contributed by atoms with E-state index >= 15 is 0 Å². The van der Waals surface area contributed by atoms with Gasteiger partial charge in [-0.05, 0) is 19.1 Å². The first-order valence-corrected chi connectivity index (χ1v) is 6.57. The van der Waals surface area contributed by atoms with E-state index in [4.69, 9.17) is 23.2 Å². The standard InChI is InChI=1S/C11H9Cl2FN2S/c1-6(10-4-17-5-15-10)16-11-8(12)2-7(14)3-9(11)13/h2-6,16H,1H3. The van der Waals surface area contributed by atoms with Gasteiger partial charge in [0.25, 0.3) is 0 Å². The van der Waals surface area contributed by atoms with Crippen molar-refractivity contribution in [3.05, 3.63) is 44.6 Å². The average molecular weight is 291 g/mol. The fraction of sp³-hybridized carbons (Fsp3) is 0.182. The summed E-state index contributed by atoms with van der Waals surface area (Å²) in [6, 6.07) is 2.41. The number of nitrogens with zero attached hydrogens (tertiary/aromatic N) is 1. The molecule has 1 unspecified atom stereocenters. The van der Waals surface area contributed by atoms with E-state index < -0.39 is 5.82 Å². The van der Waals surface area contributed by atoms with E-state index in [1.165, 1.54) is 23.5 Å². The second-order valence-electron chi connectivity index (χ2n) is 3.52. The van der Waals surface area contributed by atoms with Gasteiger partial charge in [0, 0.05) is 5.38 Å². The Hall–Kier alpha value is -0.840. The summed E-state index contributed by atoms with van der Waals surface area (Å²) in [5, 5.41) is 5.58. The van der Waals surface area contributed by atoms with E-state index in [-0.39, 0.29) is 16.1 Å². The van der Waals surface area contributed by atoms with Crippen LogP contribution in [0.15, 0.2) is 23.0 Å². The Morgan fingerprint density at radius 3 is 2.53 bits per heavy atom. The summed E-state index contributed by atoms with van der Waals surface area (Å²) in [6.45, 7) is 1.94. The van der Waals surface area contributed by atoms with Crippen molar-refractivity contribution in [1.82, 2.24) is 4.98 Å². The number of benzene rings is 1. The molecule has 0 saturated heterocycles. The molecule has 17 heavy (non-hydrogen) atoms. The largest absolute Gasteiger partial charge is 0.374 e. The van der Waals surface area contributed by atoms with Crippen LogP contribution in [0.1, 0.15) is 18.7 Å². The van der Waals surface area contributed by atoms with Gasteiger partial charge in [-0.25, -0.2) is 9.37 Å². The number of hydrogen-bond acceptors (Lipinski definition) is 3. The molecule has 0 spiro atoms. The van der Waals surface area contributed by atoms with Gasteiger partial charge in [0.15, 0.2) is 0 Å². The van der Waals surface area contributed by atoms with E-state index in [1.54, 1.807) is 5.51 Å². The van der Waals surface area contributed by atoms with Crippen molar-refractivity contribution in [2.75, 3.05) is 5.32 Å². The van der Waals surface area contributed by atoms with Gasteiger partial charge in [0.2, 0.25) is 0 Å². The van der Waals surface area contributed by atoms with E-state index in [2.05, 4.69) is 10.3 Å². The van der Waals surface area contributed by atoms with Crippen molar-refractivity contribution in [1.29, 1.82) is 0 Å². The maximum Gasteiger partial charge on any atom is 0.126 e. The van der Waals surface area contributed by atoms with E-state index in [1.807, 2.05) is 12.3 Å². The minimum Gasteiger partial charge on any atom is -0.374 e. The molecule has 0 saturated carbocycles. The number of hydrogen-bond donors (Lipinski definition) is 1. The molecule has 0 fully saturated rings. The molecule has 2 rings (SSSR count). The van der Waals surface area contributed by atoms with Crippen LogP contribution < -0.4 is 5.32 Å². The van der Waals surface area contributed by atoms with Gasteiger partial charge in [0.05, 0.1) is 33.0 Å². The lowest BCUT2D eigenvalue weighted by atomic mass is 10.2. The molecule has 0 bridgehead atoms. The third-order valence-electron chi connectivity index (χ3n) is 2.26. The Kier molecular flexibility index (Phi) is 3.86. The molecule has 1 aromatic carbocycles. The van der Waals surface area contributed by atoms with Crippen LogP contribution in [0.3, 0.4) is 0 Å². The first-order valence-electron chi connectivity index (χ1n) is 4.87. The maximum absolute atomic E-state index is 13.0. The van der Waals surface area contributed by atoms with Crippen LogP contribution in [0, 0.1) is 5.82 Å². The lowest BCUT2D eigenvalue weighted by Crippen LogP contribution is -2.07.